The number of benzene rings is 1. The molecule has 120 valence electrons. The van der Waals surface area contributed by atoms with Gasteiger partial charge in [-0.15, -0.1) is 12.4 Å². The SMILES string of the molecule is Cl.N[C@H](c1c(Br)cc(Br)c(O)c1Br)[C@@H](O)C1CCCCC1. The summed E-state index contributed by atoms with van der Waals surface area (Å²) in [5.74, 6) is 0.345. The van der Waals surface area contributed by atoms with Crippen LogP contribution in [0.25, 0.3) is 0 Å². The summed E-state index contributed by atoms with van der Waals surface area (Å²) in [6, 6.07) is 1.23. The summed E-state index contributed by atoms with van der Waals surface area (Å²) >= 11 is 10.1. The van der Waals surface area contributed by atoms with Crippen LogP contribution in [0.4, 0.5) is 0 Å². The monoisotopic (exact) mass is 505 g/mol. The Morgan fingerprint density at radius 3 is 2.24 bits per heavy atom. The molecule has 1 aliphatic rings. The smallest absolute Gasteiger partial charge is 0.144 e. The van der Waals surface area contributed by atoms with Crippen LogP contribution in [0, 0.1) is 5.92 Å². The summed E-state index contributed by atoms with van der Waals surface area (Å²) in [5.41, 5.74) is 6.97. The maximum Gasteiger partial charge on any atom is 0.144 e. The summed E-state index contributed by atoms with van der Waals surface area (Å²) < 4.78 is 1.89. The number of phenols is 1. The highest BCUT2D eigenvalue weighted by Crippen LogP contribution is 2.43. The molecule has 0 aromatic heterocycles. The van der Waals surface area contributed by atoms with Crippen LogP contribution in [0.5, 0.6) is 5.75 Å². The molecule has 1 fully saturated rings. The number of phenolic OH excluding ortho intramolecular Hbond substituents is 1. The lowest BCUT2D eigenvalue weighted by Crippen LogP contribution is -2.34. The van der Waals surface area contributed by atoms with Crippen LogP contribution in [0.2, 0.25) is 0 Å². The molecule has 1 aliphatic carbocycles. The third kappa shape index (κ3) is 4.36. The van der Waals surface area contributed by atoms with Crippen LogP contribution in [-0.4, -0.2) is 16.3 Å². The lowest BCUT2D eigenvalue weighted by atomic mass is 9.81. The Kier molecular flexibility index (Phi) is 7.98. The van der Waals surface area contributed by atoms with Crippen molar-refractivity contribution < 1.29 is 10.2 Å². The number of halogens is 4. The van der Waals surface area contributed by atoms with Crippen LogP contribution >= 0.6 is 60.2 Å². The molecule has 1 aromatic rings. The van der Waals surface area contributed by atoms with Gasteiger partial charge in [0.1, 0.15) is 5.75 Å². The zero-order chi connectivity index (χ0) is 14.9. The fourth-order valence-corrected chi connectivity index (χ4v) is 5.49. The first-order valence-electron chi connectivity index (χ1n) is 6.73. The van der Waals surface area contributed by atoms with E-state index in [-0.39, 0.29) is 24.1 Å². The lowest BCUT2D eigenvalue weighted by Gasteiger charge is -2.31. The van der Waals surface area contributed by atoms with Crippen molar-refractivity contribution in [1.29, 1.82) is 0 Å². The number of hydrogen-bond donors (Lipinski definition) is 3. The molecule has 21 heavy (non-hydrogen) atoms. The molecule has 7 heteroatoms. The number of rotatable bonds is 3. The average molecular weight is 508 g/mol. The van der Waals surface area contributed by atoms with Crippen molar-refractivity contribution in [1.82, 2.24) is 0 Å². The molecule has 1 aromatic carbocycles. The molecule has 0 aliphatic heterocycles. The van der Waals surface area contributed by atoms with Gasteiger partial charge in [-0.25, -0.2) is 0 Å². The second-order valence-electron chi connectivity index (χ2n) is 5.33. The Morgan fingerprint density at radius 2 is 1.67 bits per heavy atom. The highest BCUT2D eigenvalue weighted by atomic mass is 79.9. The first-order chi connectivity index (χ1) is 9.43. The van der Waals surface area contributed by atoms with E-state index in [1.54, 1.807) is 6.07 Å². The predicted molar refractivity (Wildman–Crippen MR) is 98.0 cm³/mol. The summed E-state index contributed by atoms with van der Waals surface area (Å²) in [6.45, 7) is 0. The minimum atomic E-state index is -0.594. The molecular formula is C14H19Br3ClNO2. The van der Waals surface area contributed by atoms with E-state index in [4.69, 9.17) is 5.73 Å². The van der Waals surface area contributed by atoms with Crippen LogP contribution in [0.3, 0.4) is 0 Å². The van der Waals surface area contributed by atoms with Crippen LogP contribution in [-0.2, 0) is 0 Å². The van der Waals surface area contributed by atoms with E-state index in [1.807, 2.05) is 0 Å². The summed E-state index contributed by atoms with van der Waals surface area (Å²) in [7, 11) is 0. The first-order valence-corrected chi connectivity index (χ1v) is 9.11. The molecule has 0 unspecified atom stereocenters. The van der Waals surface area contributed by atoms with Gasteiger partial charge >= 0.3 is 0 Å². The Labute approximate surface area is 156 Å². The van der Waals surface area contributed by atoms with Crippen molar-refractivity contribution in [3.63, 3.8) is 0 Å². The highest BCUT2D eigenvalue weighted by Gasteiger charge is 2.30. The number of aliphatic hydroxyl groups excluding tert-OH is 1. The van der Waals surface area contributed by atoms with Crippen molar-refractivity contribution in [2.45, 2.75) is 44.2 Å². The average Bonchev–Trinajstić information content (AvgIpc) is 2.45. The van der Waals surface area contributed by atoms with Crippen molar-refractivity contribution in [2.24, 2.45) is 11.7 Å². The van der Waals surface area contributed by atoms with E-state index in [1.165, 1.54) is 6.42 Å². The molecule has 4 N–H and O–H groups in total. The normalized spacial score (nSPS) is 18.9. The molecule has 1 saturated carbocycles. The van der Waals surface area contributed by atoms with E-state index in [2.05, 4.69) is 47.8 Å². The van der Waals surface area contributed by atoms with Crippen molar-refractivity contribution in [3.05, 3.63) is 25.0 Å². The minimum Gasteiger partial charge on any atom is -0.506 e. The highest BCUT2D eigenvalue weighted by molar-refractivity contribution is 9.11. The lowest BCUT2D eigenvalue weighted by molar-refractivity contribution is 0.0613. The van der Waals surface area contributed by atoms with Crippen molar-refractivity contribution in [2.75, 3.05) is 0 Å². The van der Waals surface area contributed by atoms with Gasteiger partial charge in [-0.1, -0.05) is 35.2 Å². The van der Waals surface area contributed by atoms with Gasteiger partial charge in [0.25, 0.3) is 0 Å². The molecule has 0 saturated heterocycles. The second kappa shape index (κ2) is 8.50. The van der Waals surface area contributed by atoms with Crippen LogP contribution < -0.4 is 5.73 Å². The summed E-state index contributed by atoms with van der Waals surface area (Å²) in [4.78, 5) is 0. The maximum atomic E-state index is 10.5. The second-order valence-corrected chi connectivity index (χ2v) is 7.83. The zero-order valence-electron chi connectivity index (χ0n) is 11.4. The topological polar surface area (TPSA) is 66.5 Å². The van der Waals surface area contributed by atoms with Crippen molar-refractivity contribution >= 4 is 60.2 Å². The fourth-order valence-electron chi connectivity index (χ4n) is 2.84. The van der Waals surface area contributed by atoms with E-state index in [0.29, 0.717) is 14.5 Å². The maximum absolute atomic E-state index is 10.5. The molecule has 0 bridgehead atoms. The number of nitrogens with two attached hydrogens (primary N) is 1. The minimum absolute atomic E-state index is 0. The Morgan fingerprint density at radius 1 is 1.10 bits per heavy atom. The largest absolute Gasteiger partial charge is 0.506 e. The van der Waals surface area contributed by atoms with Gasteiger partial charge in [0.2, 0.25) is 0 Å². The van der Waals surface area contributed by atoms with Gasteiger partial charge in [-0.05, 0) is 56.7 Å². The Hall–Kier alpha value is 0.670. The standard InChI is InChI=1S/C14H18Br3NO2.ClH/c15-8-6-9(16)14(20)11(17)10(8)12(18)13(19)7-4-2-1-3-5-7;/h6-7,12-13,19-20H,1-5,18H2;1H/t12-,13+;/m1./s1. The van der Waals surface area contributed by atoms with E-state index in [0.717, 1.165) is 30.2 Å². The first kappa shape index (κ1) is 19.7. The Balaban J connectivity index is 0.00000220. The number of aromatic hydroxyl groups is 1. The third-order valence-electron chi connectivity index (χ3n) is 4.02. The van der Waals surface area contributed by atoms with E-state index >= 15 is 0 Å². The third-order valence-corrected chi connectivity index (χ3v) is 6.08. The number of aliphatic hydroxyl groups is 1. The van der Waals surface area contributed by atoms with Gasteiger partial charge in [0.05, 0.1) is 21.1 Å². The predicted octanol–water partition coefficient (Wildman–Crippen LogP) is 5.04. The number of hydrogen-bond acceptors (Lipinski definition) is 3. The van der Waals surface area contributed by atoms with Crippen LogP contribution in [0.1, 0.15) is 43.7 Å². The molecule has 0 amide bonds. The van der Waals surface area contributed by atoms with Gasteiger partial charge in [-0.3, -0.25) is 0 Å². The van der Waals surface area contributed by atoms with Gasteiger partial charge in [0, 0.05) is 10.0 Å². The van der Waals surface area contributed by atoms with E-state index < -0.39 is 12.1 Å². The van der Waals surface area contributed by atoms with Crippen LogP contribution in [0.15, 0.2) is 19.5 Å². The summed E-state index contributed by atoms with van der Waals surface area (Å²) in [5, 5.41) is 20.5. The molecule has 2 rings (SSSR count). The molecule has 0 heterocycles. The van der Waals surface area contributed by atoms with Crippen molar-refractivity contribution in [3.8, 4) is 5.75 Å². The molecule has 0 radical (unpaired) electrons. The molecule has 2 atom stereocenters. The molecule has 3 nitrogen and oxygen atoms in total. The summed E-state index contributed by atoms with van der Waals surface area (Å²) in [6.07, 6.45) is 5.00. The van der Waals surface area contributed by atoms with Gasteiger partial charge in [-0.2, -0.15) is 0 Å². The molecule has 0 spiro atoms. The molecular weight excluding hydrogens is 489 g/mol. The van der Waals surface area contributed by atoms with Gasteiger partial charge < -0.3 is 15.9 Å². The quantitative estimate of drug-likeness (QED) is 0.536. The van der Waals surface area contributed by atoms with Gasteiger partial charge in [0.15, 0.2) is 0 Å². The van der Waals surface area contributed by atoms with E-state index in [9.17, 15) is 10.2 Å². The Bertz CT molecular complexity index is 496. The zero-order valence-corrected chi connectivity index (χ0v) is 16.9. The fraction of sp³-hybridized carbons (Fsp3) is 0.571.